The van der Waals surface area contributed by atoms with Gasteiger partial charge in [-0.1, -0.05) is 46.3 Å². The molecule has 0 radical (unpaired) electrons. The lowest BCUT2D eigenvalue weighted by Gasteiger charge is -2.16. The van der Waals surface area contributed by atoms with Gasteiger partial charge in [0.05, 0.1) is 13.1 Å². The van der Waals surface area contributed by atoms with Crippen molar-refractivity contribution in [2.75, 3.05) is 25.5 Å². The molecule has 6 heteroatoms. The topological polar surface area (TPSA) is 61.4 Å². The molecule has 0 aliphatic carbocycles. The Morgan fingerprint density at radius 1 is 1.08 bits per heavy atom. The summed E-state index contributed by atoms with van der Waals surface area (Å²) in [7, 11) is 1.87. The number of rotatable bonds is 7. The van der Waals surface area contributed by atoms with Crippen molar-refractivity contribution in [3.8, 4) is 0 Å². The molecule has 0 aliphatic heterocycles. The molecule has 0 saturated heterocycles. The first-order chi connectivity index (χ1) is 11.9. The number of amides is 2. The van der Waals surface area contributed by atoms with Gasteiger partial charge in [-0.15, -0.1) is 0 Å². The zero-order valence-corrected chi connectivity index (χ0v) is 16.0. The molecular formula is C19H22BrN3O2. The molecule has 0 aromatic heterocycles. The van der Waals surface area contributed by atoms with Gasteiger partial charge in [0, 0.05) is 16.7 Å². The van der Waals surface area contributed by atoms with Gasteiger partial charge in [-0.3, -0.25) is 14.5 Å². The molecular weight excluding hydrogens is 382 g/mol. The molecule has 0 spiro atoms. The van der Waals surface area contributed by atoms with E-state index >= 15 is 0 Å². The van der Waals surface area contributed by atoms with Crippen LogP contribution in [0, 0.1) is 6.92 Å². The summed E-state index contributed by atoms with van der Waals surface area (Å²) in [6, 6.07) is 15.5. The number of likely N-dealkylation sites (N-methyl/N-ethyl adjacent to an activating group) is 1. The summed E-state index contributed by atoms with van der Waals surface area (Å²) in [4.78, 5) is 25.9. The summed E-state index contributed by atoms with van der Waals surface area (Å²) in [5.74, 6) is -0.425. The van der Waals surface area contributed by atoms with Gasteiger partial charge in [0.1, 0.15) is 0 Å². The summed E-state index contributed by atoms with van der Waals surface area (Å²) in [6.45, 7) is 2.78. The molecule has 2 amide bonds. The van der Waals surface area contributed by atoms with Crippen molar-refractivity contribution in [2.45, 2.75) is 13.5 Å². The second kappa shape index (κ2) is 9.34. The quantitative estimate of drug-likeness (QED) is 0.746. The van der Waals surface area contributed by atoms with Crippen LogP contribution in [0.25, 0.3) is 0 Å². The maximum atomic E-state index is 12.0. The third-order valence-corrected chi connectivity index (χ3v) is 4.11. The van der Waals surface area contributed by atoms with Gasteiger partial charge < -0.3 is 10.6 Å². The van der Waals surface area contributed by atoms with E-state index in [4.69, 9.17) is 0 Å². The fraction of sp³-hybridized carbons (Fsp3) is 0.263. The number of halogens is 1. The zero-order chi connectivity index (χ0) is 18.2. The van der Waals surface area contributed by atoms with Crippen molar-refractivity contribution in [1.82, 2.24) is 10.2 Å². The van der Waals surface area contributed by atoms with Gasteiger partial charge in [-0.25, -0.2) is 0 Å². The van der Waals surface area contributed by atoms with Crippen LogP contribution in [0.15, 0.2) is 53.0 Å². The number of hydrogen-bond donors (Lipinski definition) is 2. The maximum Gasteiger partial charge on any atom is 0.243 e. The Morgan fingerprint density at radius 2 is 1.80 bits per heavy atom. The summed E-state index contributed by atoms with van der Waals surface area (Å²) in [5.41, 5.74) is 2.83. The number of carbonyl (C=O) groups excluding carboxylic acids is 2. The number of anilines is 1. The Morgan fingerprint density at radius 3 is 2.48 bits per heavy atom. The monoisotopic (exact) mass is 403 g/mol. The highest BCUT2D eigenvalue weighted by molar-refractivity contribution is 9.10. The average molecular weight is 404 g/mol. The van der Waals surface area contributed by atoms with Gasteiger partial charge in [0.15, 0.2) is 0 Å². The van der Waals surface area contributed by atoms with Crippen molar-refractivity contribution < 1.29 is 9.59 Å². The largest absolute Gasteiger partial charge is 0.346 e. The Hall–Kier alpha value is -2.18. The van der Waals surface area contributed by atoms with Crippen LogP contribution < -0.4 is 10.6 Å². The number of nitrogens with one attached hydrogen (secondary N) is 2. The first-order valence-corrected chi connectivity index (χ1v) is 8.78. The molecule has 2 aromatic carbocycles. The van der Waals surface area contributed by atoms with Crippen molar-refractivity contribution >= 4 is 33.4 Å². The van der Waals surface area contributed by atoms with Crippen LogP contribution in [0.3, 0.4) is 0 Å². The lowest BCUT2D eigenvalue weighted by Crippen LogP contribution is -2.39. The zero-order valence-electron chi connectivity index (χ0n) is 14.4. The van der Waals surface area contributed by atoms with E-state index in [0.29, 0.717) is 6.54 Å². The second-order valence-corrected chi connectivity index (χ2v) is 6.86. The molecule has 2 rings (SSSR count). The highest BCUT2D eigenvalue weighted by Crippen LogP contribution is 2.19. The normalized spacial score (nSPS) is 10.6. The molecule has 132 valence electrons. The SMILES string of the molecule is Cc1cc(Br)ccc1NC(=O)CNC(=O)CN(C)Cc1ccccc1. The molecule has 25 heavy (non-hydrogen) atoms. The lowest BCUT2D eigenvalue weighted by molar-refractivity contribution is -0.124. The molecule has 0 heterocycles. The predicted molar refractivity (Wildman–Crippen MR) is 103 cm³/mol. The highest BCUT2D eigenvalue weighted by atomic mass is 79.9. The van der Waals surface area contributed by atoms with Crippen LogP contribution in [-0.4, -0.2) is 36.9 Å². The van der Waals surface area contributed by atoms with E-state index in [-0.39, 0.29) is 24.9 Å². The van der Waals surface area contributed by atoms with Crippen molar-refractivity contribution in [1.29, 1.82) is 0 Å². The third kappa shape index (κ3) is 6.68. The van der Waals surface area contributed by atoms with Crippen molar-refractivity contribution in [3.05, 3.63) is 64.1 Å². The lowest BCUT2D eigenvalue weighted by atomic mass is 10.2. The van der Waals surface area contributed by atoms with Crippen LogP contribution in [-0.2, 0) is 16.1 Å². The van der Waals surface area contributed by atoms with Crippen molar-refractivity contribution in [2.24, 2.45) is 0 Å². The number of nitrogens with zero attached hydrogens (tertiary/aromatic N) is 1. The minimum atomic E-state index is -0.246. The Kier molecular flexibility index (Phi) is 7.16. The first kappa shape index (κ1) is 19.1. The molecule has 2 N–H and O–H groups in total. The van der Waals surface area contributed by atoms with E-state index in [0.717, 1.165) is 21.3 Å². The number of aryl methyl sites for hydroxylation is 1. The van der Waals surface area contributed by atoms with E-state index in [9.17, 15) is 9.59 Å². The van der Waals surface area contributed by atoms with Crippen LogP contribution in [0.5, 0.6) is 0 Å². The van der Waals surface area contributed by atoms with Crippen LogP contribution >= 0.6 is 15.9 Å². The van der Waals surface area contributed by atoms with Gasteiger partial charge >= 0.3 is 0 Å². The van der Waals surface area contributed by atoms with Gasteiger partial charge in [0.25, 0.3) is 0 Å². The van der Waals surface area contributed by atoms with Crippen LogP contribution in [0.1, 0.15) is 11.1 Å². The van der Waals surface area contributed by atoms with Gasteiger partial charge in [0.2, 0.25) is 11.8 Å². The highest BCUT2D eigenvalue weighted by Gasteiger charge is 2.10. The fourth-order valence-corrected chi connectivity index (χ4v) is 2.87. The Labute approximate surface area is 156 Å². The van der Waals surface area contributed by atoms with Gasteiger partial charge in [-0.05, 0) is 43.3 Å². The standard InChI is InChI=1S/C19H22BrN3O2/c1-14-10-16(20)8-9-17(14)22-18(24)11-21-19(25)13-23(2)12-15-6-4-3-5-7-15/h3-10H,11-13H2,1-2H3,(H,21,25)(H,22,24). The minimum absolute atomic E-state index is 0.0481. The maximum absolute atomic E-state index is 12.0. The molecule has 0 aliphatic rings. The van der Waals surface area contributed by atoms with E-state index < -0.39 is 0 Å². The van der Waals surface area contributed by atoms with Crippen LogP contribution in [0.2, 0.25) is 0 Å². The first-order valence-electron chi connectivity index (χ1n) is 7.99. The fourth-order valence-electron chi connectivity index (χ4n) is 2.39. The summed E-state index contributed by atoms with van der Waals surface area (Å²) in [6.07, 6.45) is 0. The van der Waals surface area contributed by atoms with E-state index in [1.165, 1.54) is 0 Å². The average Bonchev–Trinajstić information content (AvgIpc) is 2.56. The number of carbonyl (C=O) groups is 2. The third-order valence-electron chi connectivity index (χ3n) is 3.62. The number of hydrogen-bond acceptors (Lipinski definition) is 3. The molecule has 5 nitrogen and oxygen atoms in total. The smallest absolute Gasteiger partial charge is 0.243 e. The molecule has 0 fully saturated rings. The van der Waals surface area contributed by atoms with E-state index in [2.05, 4.69) is 26.6 Å². The summed E-state index contributed by atoms with van der Waals surface area (Å²) < 4.78 is 0.956. The number of benzene rings is 2. The second-order valence-electron chi connectivity index (χ2n) is 5.94. The Balaban J connectivity index is 1.74. The summed E-state index contributed by atoms with van der Waals surface area (Å²) in [5, 5.41) is 5.45. The molecule has 0 unspecified atom stereocenters. The van der Waals surface area contributed by atoms with E-state index in [1.807, 2.05) is 67.4 Å². The molecule has 0 atom stereocenters. The van der Waals surface area contributed by atoms with Crippen LogP contribution in [0.4, 0.5) is 5.69 Å². The van der Waals surface area contributed by atoms with Crippen molar-refractivity contribution in [3.63, 3.8) is 0 Å². The summed E-state index contributed by atoms with van der Waals surface area (Å²) >= 11 is 3.38. The van der Waals surface area contributed by atoms with E-state index in [1.54, 1.807) is 0 Å². The van der Waals surface area contributed by atoms with Gasteiger partial charge in [-0.2, -0.15) is 0 Å². The minimum Gasteiger partial charge on any atom is -0.346 e. The Bertz CT molecular complexity index is 735. The molecule has 0 saturated carbocycles. The molecule has 0 bridgehead atoms. The molecule has 2 aromatic rings. The predicted octanol–water partition coefficient (Wildman–Crippen LogP) is 2.94.